The molecule has 1 N–H and O–H groups in total. The zero-order valence-electron chi connectivity index (χ0n) is 5.70. The van der Waals surface area contributed by atoms with Crippen molar-refractivity contribution in [2.75, 3.05) is 6.54 Å². The minimum absolute atomic E-state index is 0.182. The number of hydrogen-bond acceptors (Lipinski definition) is 3. The molecule has 1 aliphatic rings. The van der Waals surface area contributed by atoms with Crippen LogP contribution in [0.1, 0.15) is 16.2 Å². The fourth-order valence-electron chi connectivity index (χ4n) is 0.945. The summed E-state index contributed by atoms with van der Waals surface area (Å²) in [5.74, 6) is 0.346. The Hall–Kier alpha value is -1.58. The first-order valence-electron chi connectivity index (χ1n) is 3.26. The molecule has 2 heterocycles. The molecule has 0 radical (unpaired) electrons. The Morgan fingerprint density at radius 3 is 3.45 bits per heavy atom. The van der Waals surface area contributed by atoms with Gasteiger partial charge in [-0.3, -0.25) is 4.79 Å². The van der Waals surface area contributed by atoms with Crippen LogP contribution >= 0.6 is 0 Å². The highest BCUT2D eigenvalue weighted by Gasteiger charge is 2.15. The van der Waals surface area contributed by atoms with Crippen molar-refractivity contribution < 1.29 is 9.21 Å². The van der Waals surface area contributed by atoms with Crippen LogP contribution in [0.25, 0.3) is 6.08 Å². The maximum Gasteiger partial charge on any atom is 0.274 e. The van der Waals surface area contributed by atoms with Crippen LogP contribution in [0.4, 0.5) is 0 Å². The Balaban J connectivity index is 2.53. The standard InChI is InChI=1S/C7H6N2O2/c10-7-6-5(11-4-9-6)2-1-3-8-7/h1-2,4H,3H2,(H,8,10). The van der Waals surface area contributed by atoms with Gasteiger partial charge in [0.05, 0.1) is 0 Å². The molecular weight excluding hydrogens is 144 g/mol. The number of nitrogens with one attached hydrogen (secondary N) is 1. The molecule has 1 aromatic heterocycles. The molecule has 1 aliphatic heterocycles. The van der Waals surface area contributed by atoms with Crippen molar-refractivity contribution in [3.63, 3.8) is 0 Å². The van der Waals surface area contributed by atoms with E-state index in [1.807, 2.05) is 6.08 Å². The second kappa shape index (κ2) is 2.23. The van der Waals surface area contributed by atoms with Crippen molar-refractivity contribution in [1.82, 2.24) is 10.3 Å². The van der Waals surface area contributed by atoms with Gasteiger partial charge in [0, 0.05) is 6.54 Å². The van der Waals surface area contributed by atoms with E-state index in [1.165, 1.54) is 6.39 Å². The monoisotopic (exact) mass is 150 g/mol. The molecule has 0 spiro atoms. The van der Waals surface area contributed by atoms with Crippen LogP contribution in [-0.2, 0) is 0 Å². The van der Waals surface area contributed by atoms with E-state index in [2.05, 4.69) is 10.3 Å². The third-order valence-electron chi connectivity index (χ3n) is 1.46. The third-order valence-corrected chi connectivity index (χ3v) is 1.46. The van der Waals surface area contributed by atoms with Gasteiger partial charge in [-0.25, -0.2) is 4.98 Å². The predicted molar refractivity (Wildman–Crippen MR) is 37.9 cm³/mol. The topological polar surface area (TPSA) is 55.1 Å². The van der Waals surface area contributed by atoms with Crippen LogP contribution in [0, 0.1) is 0 Å². The van der Waals surface area contributed by atoms with Crippen LogP contribution in [0.2, 0.25) is 0 Å². The predicted octanol–water partition coefficient (Wildman–Crippen LogP) is 0.431. The molecular formula is C7H6N2O2. The fraction of sp³-hybridized carbons (Fsp3) is 0.143. The lowest BCUT2D eigenvalue weighted by atomic mass is 10.3. The smallest absolute Gasteiger partial charge is 0.274 e. The van der Waals surface area contributed by atoms with E-state index >= 15 is 0 Å². The lowest BCUT2D eigenvalue weighted by Gasteiger charge is -1.93. The van der Waals surface area contributed by atoms with Gasteiger partial charge in [0.2, 0.25) is 0 Å². The highest BCUT2D eigenvalue weighted by molar-refractivity contribution is 5.95. The first-order valence-corrected chi connectivity index (χ1v) is 3.26. The Labute approximate surface area is 62.9 Å². The minimum atomic E-state index is -0.182. The molecule has 0 aromatic carbocycles. The third kappa shape index (κ3) is 0.920. The van der Waals surface area contributed by atoms with E-state index in [1.54, 1.807) is 6.08 Å². The fourth-order valence-corrected chi connectivity index (χ4v) is 0.945. The average Bonchev–Trinajstić information content (AvgIpc) is 2.40. The van der Waals surface area contributed by atoms with Gasteiger partial charge in [-0.15, -0.1) is 0 Å². The van der Waals surface area contributed by atoms with Gasteiger partial charge in [0.1, 0.15) is 0 Å². The zero-order chi connectivity index (χ0) is 7.68. The van der Waals surface area contributed by atoms with Crippen molar-refractivity contribution in [3.8, 4) is 0 Å². The van der Waals surface area contributed by atoms with E-state index in [9.17, 15) is 4.79 Å². The Bertz CT molecular complexity index is 314. The summed E-state index contributed by atoms with van der Waals surface area (Å²) in [6, 6.07) is 0. The highest BCUT2D eigenvalue weighted by atomic mass is 16.3. The summed E-state index contributed by atoms with van der Waals surface area (Å²) in [5.41, 5.74) is 0.360. The zero-order valence-corrected chi connectivity index (χ0v) is 5.70. The summed E-state index contributed by atoms with van der Waals surface area (Å²) in [4.78, 5) is 14.9. The largest absolute Gasteiger partial charge is 0.443 e. The Morgan fingerprint density at radius 2 is 2.55 bits per heavy atom. The molecule has 1 aromatic rings. The maximum absolute atomic E-state index is 11.1. The molecule has 0 aliphatic carbocycles. The second-order valence-corrected chi connectivity index (χ2v) is 2.18. The number of carbonyl (C=O) groups excluding carboxylic acids is 1. The van der Waals surface area contributed by atoms with Crippen LogP contribution in [0.15, 0.2) is 16.9 Å². The average molecular weight is 150 g/mol. The normalized spacial score (nSPS) is 15.5. The Kier molecular flexibility index (Phi) is 1.25. The molecule has 0 atom stereocenters. The van der Waals surface area contributed by atoms with E-state index in [-0.39, 0.29) is 5.91 Å². The second-order valence-electron chi connectivity index (χ2n) is 2.18. The summed E-state index contributed by atoms with van der Waals surface area (Å²) >= 11 is 0. The van der Waals surface area contributed by atoms with E-state index in [0.717, 1.165) is 0 Å². The van der Waals surface area contributed by atoms with E-state index in [0.29, 0.717) is 18.0 Å². The molecule has 1 amide bonds. The number of aromatic nitrogens is 1. The van der Waals surface area contributed by atoms with Gasteiger partial charge in [0.25, 0.3) is 5.91 Å². The lowest BCUT2D eigenvalue weighted by molar-refractivity contribution is 0.0953. The quantitative estimate of drug-likeness (QED) is 0.583. The summed E-state index contributed by atoms with van der Waals surface area (Å²) in [7, 11) is 0. The molecule has 4 nitrogen and oxygen atoms in total. The van der Waals surface area contributed by atoms with Crippen LogP contribution in [0.3, 0.4) is 0 Å². The highest BCUT2D eigenvalue weighted by Crippen LogP contribution is 2.10. The summed E-state index contributed by atoms with van der Waals surface area (Å²) in [6.07, 6.45) is 4.81. The lowest BCUT2D eigenvalue weighted by Crippen LogP contribution is -2.22. The molecule has 56 valence electrons. The first kappa shape index (κ1) is 6.15. The molecule has 0 bridgehead atoms. The van der Waals surface area contributed by atoms with Gasteiger partial charge in [-0.1, -0.05) is 6.08 Å². The Morgan fingerprint density at radius 1 is 1.64 bits per heavy atom. The summed E-state index contributed by atoms with van der Waals surface area (Å²) in [6.45, 7) is 0.532. The molecule has 0 saturated heterocycles. The number of amides is 1. The maximum atomic E-state index is 11.1. The van der Waals surface area contributed by atoms with E-state index in [4.69, 9.17) is 4.42 Å². The molecule has 0 unspecified atom stereocenters. The molecule has 0 fully saturated rings. The molecule has 11 heavy (non-hydrogen) atoms. The number of oxazole rings is 1. The van der Waals surface area contributed by atoms with Gasteiger partial charge in [0.15, 0.2) is 17.8 Å². The molecule has 0 saturated carbocycles. The van der Waals surface area contributed by atoms with E-state index < -0.39 is 0 Å². The van der Waals surface area contributed by atoms with Crippen LogP contribution < -0.4 is 5.32 Å². The molecule has 2 rings (SSSR count). The molecule has 4 heteroatoms. The summed E-state index contributed by atoms with van der Waals surface area (Å²) in [5, 5.41) is 2.64. The number of rotatable bonds is 0. The van der Waals surface area contributed by atoms with Crippen LogP contribution in [-0.4, -0.2) is 17.4 Å². The van der Waals surface area contributed by atoms with Crippen LogP contribution in [0.5, 0.6) is 0 Å². The number of fused-ring (bicyclic) bond motifs is 1. The number of nitrogens with zero attached hydrogens (tertiary/aromatic N) is 1. The van der Waals surface area contributed by atoms with Gasteiger partial charge in [-0.2, -0.15) is 0 Å². The summed E-state index contributed by atoms with van der Waals surface area (Å²) < 4.78 is 4.95. The van der Waals surface area contributed by atoms with Crippen molar-refractivity contribution in [3.05, 3.63) is 23.9 Å². The SMILES string of the molecule is O=C1NCC=Cc2ocnc21. The van der Waals surface area contributed by atoms with Gasteiger partial charge in [-0.05, 0) is 6.08 Å². The number of carbonyl (C=O) groups is 1. The van der Waals surface area contributed by atoms with Crippen molar-refractivity contribution in [2.45, 2.75) is 0 Å². The van der Waals surface area contributed by atoms with Crippen molar-refractivity contribution >= 4 is 12.0 Å². The first-order chi connectivity index (χ1) is 5.38. The van der Waals surface area contributed by atoms with Gasteiger partial charge >= 0.3 is 0 Å². The van der Waals surface area contributed by atoms with Crippen molar-refractivity contribution in [2.24, 2.45) is 0 Å². The van der Waals surface area contributed by atoms with Crippen molar-refractivity contribution in [1.29, 1.82) is 0 Å². The number of hydrogen-bond donors (Lipinski definition) is 1. The van der Waals surface area contributed by atoms with Gasteiger partial charge < -0.3 is 9.73 Å². The minimum Gasteiger partial charge on any atom is -0.443 e.